The van der Waals surface area contributed by atoms with Crippen LogP contribution in [0, 0.1) is 0 Å². The third-order valence-corrected chi connectivity index (χ3v) is 2.80. The van der Waals surface area contributed by atoms with Gasteiger partial charge in [0.15, 0.2) is 17.2 Å². The number of hydrogen-bond acceptors (Lipinski definition) is 4. The summed E-state index contributed by atoms with van der Waals surface area (Å²) >= 11 is 0. The minimum absolute atomic E-state index is 0.132. The van der Waals surface area contributed by atoms with Crippen molar-refractivity contribution in [1.82, 2.24) is 9.55 Å². The molecule has 19 heavy (non-hydrogen) atoms. The van der Waals surface area contributed by atoms with Crippen LogP contribution in [0.1, 0.15) is 10.5 Å². The molecule has 100 valence electrons. The molecule has 0 amide bonds. The van der Waals surface area contributed by atoms with E-state index in [0.717, 1.165) is 0 Å². The van der Waals surface area contributed by atoms with Crippen LogP contribution in [-0.4, -0.2) is 34.8 Å². The molecule has 0 aliphatic carbocycles. The average Bonchev–Trinajstić information content (AvgIpc) is 2.79. The molecule has 1 aromatic carbocycles. The van der Waals surface area contributed by atoms with Gasteiger partial charge in [0.1, 0.15) is 5.69 Å². The fourth-order valence-electron chi connectivity index (χ4n) is 1.88. The number of carboxylic acid groups (broad SMARTS) is 1. The Labute approximate surface area is 110 Å². The maximum Gasteiger partial charge on any atom is 0.354 e. The lowest BCUT2D eigenvalue weighted by atomic mass is 10.1. The van der Waals surface area contributed by atoms with Gasteiger partial charge >= 0.3 is 5.97 Å². The van der Waals surface area contributed by atoms with Crippen molar-refractivity contribution in [2.75, 3.05) is 14.2 Å². The predicted octanol–water partition coefficient (Wildman–Crippen LogP) is 1.80. The molecule has 2 rings (SSSR count). The molecule has 0 spiro atoms. The molecule has 6 nitrogen and oxygen atoms in total. The van der Waals surface area contributed by atoms with Crippen molar-refractivity contribution in [3.8, 4) is 22.8 Å². The number of carboxylic acids is 1. The SMILES string of the molecule is COc1ccc(-c2ncn(C)c2C(=O)O)cc1OC. The second-order valence-corrected chi connectivity index (χ2v) is 3.93. The lowest BCUT2D eigenvalue weighted by molar-refractivity contribution is 0.0687. The molecule has 0 bridgehead atoms. The summed E-state index contributed by atoms with van der Waals surface area (Å²) in [6.07, 6.45) is 1.47. The first-order chi connectivity index (χ1) is 9.08. The van der Waals surface area contributed by atoms with Gasteiger partial charge in [-0.3, -0.25) is 0 Å². The highest BCUT2D eigenvalue weighted by molar-refractivity contribution is 5.93. The van der Waals surface area contributed by atoms with Crippen molar-refractivity contribution in [3.05, 3.63) is 30.2 Å². The Morgan fingerprint density at radius 1 is 1.26 bits per heavy atom. The van der Waals surface area contributed by atoms with Gasteiger partial charge in [-0.25, -0.2) is 9.78 Å². The quantitative estimate of drug-likeness (QED) is 0.909. The summed E-state index contributed by atoms with van der Waals surface area (Å²) in [7, 11) is 4.71. The van der Waals surface area contributed by atoms with E-state index < -0.39 is 5.97 Å². The van der Waals surface area contributed by atoms with E-state index in [1.54, 1.807) is 32.4 Å². The molecule has 0 aliphatic heterocycles. The van der Waals surface area contributed by atoms with Gasteiger partial charge in [0, 0.05) is 12.6 Å². The van der Waals surface area contributed by atoms with Crippen LogP contribution in [0.15, 0.2) is 24.5 Å². The van der Waals surface area contributed by atoms with E-state index in [0.29, 0.717) is 22.8 Å². The normalized spacial score (nSPS) is 10.3. The summed E-state index contributed by atoms with van der Waals surface area (Å²) in [5.41, 5.74) is 1.19. The Balaban J connectivity index is 2.57. The van der Waals surface area contributed by atoms with Gasteiger partial charge in [0.25, 0.3) is 0 Å². The summed E-state index contributed by atoms with van der Waals surface area (Å²) in [6.45, 7) is 0. The van der Waals surface area contributed by atoms with E-state index in [1.165, 1.54) is 18.0 Å². The molecular formula is C13H14N2O4. The largest absolute Gasteiger partial charge is 0.493 e. The first-order valence-corrected chi connectivity index (χ1v) is 5.55. The fourth-order valence-corrected chi connectivity index (χ4v) is 1.88. The second-order valence-electron chi connectivity index (χ2n) is 3.93. The maximum absolute atomic E-state index is 11.2. The molecule has 0 radical (unpaired) electrons. The molecule has 0 atom stereocenters. The predicted molar refractivity (Wildman–Crippen MR) is 68.7 cm³/mol. The summed E-state index contributed by atoms with van der Waals surface area (Å²) in [4.78, 5) is 15.4. The van der Waals surface area contributed by atoms with Gasteiger partial charge < -0.3 is 19.1 Å². The standard InChI is InChI=1S/C13H14N2O4/c1-15-7-14-11(12(15)13(16)17)8-4-5-9(18-2)10(6-8)19-3/h4-7H,1-3H3,(H,16,17). The van der Waals surface area contributed by atoms with Gasteiger partial charge in [-0.15, -0.1) is 0 Å². The monoisotopic (exact) mass is 262 g/mol. The first kappa shape index (κ1) is 12.9. The van der Waals surface area contributed by atoms with Crippen molar-refractivity contribution in [3.63, 3.8) is 0 Å². The number of nitrogens with zero attached hydrogens (tertiary/aromatic N) is 2. The molecule has 0 saturated carbocycles. The fraction of sp³-hybridized carbons (Fsp3) is 0.231. The number of carbonyl (C=O) groups is 1. The summed E-state index contributed by atoms with van der Waals surface area (Å²) in [5, 5.41) is 9.21. The molecule has 0 fully saturated rings. The number of ether oxygens (including phenoxy) is 2. The number of imidazole rings is 1. The number of aromatic nitrogens is 2. The van der Waals surface area contributed by atoms with Gasteiger partial charge in [-0.05, 0) is 18.2 Å². The lowest BCUT2D eigenvalue weighted by Crippen LogP contribution is -2.05. The van der Waals surface area contributed by atoms with Crippen LogP contribution in [0.3, 0.4) is 0 Å². The number of rotatable bonds is 4. The Morgan fingerprint density at radius 3 is 2.53 bits per heavy atom. The molecule has 1 heterocycles. The van der Waals surface area contributed by atoms with Gasteiger partial charge in [0.05, 0.1) is 20.5 Å². The highest BCUT2D eigenvalue weighted by Crippen LogP contribution is 2.32. The average molecular weight is 262 g/mol. The van der Waals surface area contributed by atoms with Crippen LogP contribution in [0.5, 0.6) is 11.5 Å². The zero-order valence-corrected chi connectivity index (χ0v) is 10.9. The van der Waals surface area contributed by atoms with Crippen LogP contribution in [0.25, 0.3) is 11.3 Å². The first-order valence-electron chi connectivity index (χ1n) is 5.55. The number of hydrogen-bond donors (Lipinski definition) is 1. The van der Waals surface area contributed by atoms with E-state index in [4.69, 9.17) is 9.47 Å². The van der Waals surface area contributed by atoms with E-state index >= 15 is 0 Å². The molecule has 1 aromatic heterocycles. The topological polar surface area (TPSA) is 73.6 Å². The maximum atomic E-state index is 11.2. The number of aryl methyl sites for hydroxylation is 1. The smallest absolute Gasteiger partial charge is 0.354 e. The van der Waals surface area contributed by atoms with Gasteiger partial charge in [-0.2, -0.15) is 0 Å². The Morgan fingerprint density at radius 2 is 1.95 bits per heavy atom. The summed E-state index contributed by atoms with van der Waals surface area (Å²) < 4.78 is 11.8. The molecule has 0 saturated heterocycles. The van der Waals surface area contributed by atoms with Crippen LogP contribution in [0.4, 0.5) is 0 Å². The lowest BCUT2D eigenvalue weighted by Gasteiger charge is -2.09. The third-order valence-electron chi connectivity index (χ3n) is 2.80. The molecule has 0 aliphatic rings. The Bertz CT molecular complexity index is 619. The highest BCUT2D eigenvalue weighted by Gasteiger charge is 2.18. The Hall–Kier alpha value is -2.50. The van der Waals surface area contributed by atoms with E-state index in [1.807, 2.05) is 0 Å². The zero-order valence-electron chi connectivity index (χ0n) is 10.9. The summed E-state index contributed by atoms with van der Waals surface area (Å²) in [6, 6.07) is 5.16. The molecule has 2 aromatic rings. The Kier molecular flexibility index (Phi) is 3.41. The van der Waals surface area contributed by atoms with Crippen LogP contribution < -0.4 is 9.47 Å². The van der Waals surface area contributed by atoms with Crippen LogP contribution in [0.2, 0.25) is 0 Å². The van der Waals surface area contributed by atoms with Gasteiger partial charge in [-0.1, -0.05) is 0 Å². The molecule has 6 heteroatoms. The number of aromatic carboxylic acids is 1. The second kappa shape index (κ2) is 5.01. The third kappa shape index (κ3) is 2.24. The van der Waals surface area contributed by atoms with E-state index in [2.05, 4.69) is 4.98 Å². The van der Waals surface area contributed by atoms with Gasteiger partial charge in [0.2, 0.25) is 0 Å². The van der Waals surface area contributed by atoms with Crippen molar-refractivity contribution in [2.45, 2.75) is 0 Å². The van der Waals surface area contributed by atoms with Crippen LogP contribution >= 0.6 is 0 Å². The number of benzene rings is 1. The molecule has 0 unspecified atom stereocenters. The molecule has 1 N–H and O–H groups in total. The van der Waals surface area contributed by atoms with Crippen molar-refractivity contribution >= 4 is 5.97 Å². The van der Waals surface area contributed by atoms with Crippen molar-refractivity contribution < 1.29 is 19.4 Å². The number of methoxy groups -OCH3 is 2. The van der Waals surface area contributed by atoms with Crippen molar-refractivity contribution in [1.29, 1.82) is 0 Å². The minimum atomic E-state index is -1.02. The summed E-state index contributed by atoms with van der Waals surface area (Å²) in [5.74, 6) is 0.0887. The van der Waals surface area contributed by atoms with E-state index in [-0.39, 0.29) is 5.69 Å². The van der Waals surface area contributed by atoms with E-state index in [9.17, 15) is 9.90 Å². The minimum Gasteiger partial charge on any atom is -0.493 e. The highest BCUT2D eigenvalue weighted by atomic mass is 16.5. The molecular weight excluding hydrogens is 248 g/mol. The zero-order chi connectivity index (χ0) is 14.0. The van der Waals surface area contributed by atoms with Crippen molar-refractivity contribution in [2.24, 2.45) is 7.05 Å². The van der Waals surface area contributed by atoms with Crippen LogP contribution in [-0.2, 0) is 7.05 Å².